The summed E-state index contributed by atoms with van der Waals surface area (Å²) in [6, 6.07) is 16.5. The Morgan fingerprint density at radius 2 is 1.97 bits per heavy atom. The minimum absolute atomic E-state index is 0.280. The van der Waals surface area contributed by atoms with Crippen molar-refractivity contribution in [3.63, 3.8) is 0 Å². The summed E-state index contributed by atoms with van der Waals surface area (Å²) in [5, 5.41) is 8.85. The molecule has 3 aromatic rings. The number of pyridine rings is 1. The van der Waals surface area contributed by atoms with Gasteiger partial charge in [-0.05, 0) is 62.6 Å². The van der Waals surface area contributed by atoms with E-state index in [4.69, 9.17) is 4.74 Å². The topological polar surface area (TPSA) is 109 Å². The largest absolute Gasteiger partial charge is 0.489 e. The lowest BCUT2D eigenvalue weighted by Gasteiger charge is -2.27. The molecule has 2 atom stereocenters. The second kappa shape index (κ2) is 8.20. The van der Waals surface area contributed by atoms with Gasteiger partial charge in [-0.15, -0.1) is 0 Å². The Hall–Kier alpha value is -3.94. The Morgan fingerprint density at radius 3 is 2.73 bits per heavy atom. The van der Waals surface area contributed by atoms with Gasteiger partial charge in [0.25, 0.3) is 5.91 Å². The van der Waals surface area contributed by atoms with Crippen molar-refractivity contribution in [1.29, 1.82) is 0 Å². The molecule has 8 nitrogen and oxygen atoms in total. The summed E-state index contributed by atoms with van der Waals surface area (Å²) in [6.07, 6.45) is 1.69. The molecule has 1 aliphatic heterocycles. The van der Waals surface area contributed by atoms with Crippen LogP contribution in [0.4, 0.5) is 10.5 Å². The van der Waals surface area contributed by atoms with E-state index in [1.54, 1.807) is 24.3 Å². The van der Waals surface area contributed by atoms with Crippen LogP contribution in [0.2, 0.25) is 0 Å². The van der Waals surface area contributed by atoms with Gasteiger partial charge in [0.2, 0.25) is 5.91 Å². The number of amides is 4. The third kappa shape index (κ3) is 3.88. The van der Waals surface area contributed by atoms with Gasteiger partial charge in [-0.1, -0.05) is 18.2 Å². The minimum Gasteiger partial charge on any atom is -0.489 e. The molecule has 0 unspecified atom stereocenters. The fourth-order valence-corrected chi connectivity index (χ4v) is 4.83. The van der Waals surface area contributed by atoms with Crippen LogP contribution in [-0.2, 0) is 16.2 Å². The first-order valence-corrected chi connectivity index (χ1v) is 11.0. The lowest BCUT2D eigenvalue weighted by molar-refractivity contribution is -0.131. The molecular formula is C25H24N4O4. The normalized spacial score (nSPS) is 21.8. The molecule has 2 fully saturated rings. The number of rotatable bonds is 5. The van der Waals surface area contributed by atoms with E-state index >= 15 is 0 Å². The maximum Gasteiger partial charge on any atom is 0.322 e. The van der Waals surface area contributed by atoms with Crippen molar-refractivity contribution >= 4 is 34.4 Å². The molecule has 168 valence electrons. The molecule has 2 aromatic carbocycles. The highest BCUT2D eigenvalue weighted by Crippen LogP contribution is 2.38. The third-order valence-corrected chi connectivity index (χ3v) is 6.39. The van der Waals surface area contributed by atoms with Crippen LogP contribution in [-0.4, -0.2) is 28.4 Å². The summed E-state index contributed by atoms with van der Waals surface area (Å²) in [5.41, 5.74) is 2.38. The molecule has 3 N–H and O–H groups in total. The van der Waals surface area contributed by atoms with Crippen molar-refractivity contribution in [2.45, 2.75) is 38.3 Å². The third-order valence-electron chi connectivity index (χ3n) is 6.39. The molecule has 1 spiro atoms. The predicted octanol–water partition coefficient (Wildman–Crippen LogP) is 3.44. The number of nitrogens with zero attached hydrogens (tertiary/aromatic N) is 1. The van der Waals surface area contributed by atoms with Crippen LogP contribution in [0.3, 0.4) is 0 Å². The Bertz CT molecular complexity index is 1260. The van der Waals surface area contributed by atoms with Gasteiger partial charge in [-0.25, -0.2) is 4.79 Å². The number of fused-ring (bicyclic) bond motifs is 1. The lowest BCUT2D eigenvalue weighted by atomic mass is 9.86. The molecule has 4 amide bonds. The number of hydrogen-bond donors (Lipinski definition) is 3. The Morgan fingerprint density at radius 1 is 1.18 bits per heavy atom. The maximum atomic E-state index is 12.9. The molecule has 1 saturated carbocycles. The van der Waals surface area contributed by atoms with Crippen LogP contribution in [0.5, 0.6) is 5.75 Å². The quantitative estimate of drug-likeness (QED) is 0.523. The van der Waals surface area contributed by atoms with Crippen LogP contribution in [0.15, 0.2) is 54.6 Å². The minimum atomic E-state index is -1.14. The molecule has 2 heterocycles. The first-order chi connectivity index (χ1) is 15.9. The van der Waals surface area contributed by atoms with Crippen LogP contribution < -0.4 is 20.7 Å². The average molecular weight is 444 g/mol. The number of nitrogens with one attached hydrogen (secondary N) is 3. The maximum absolute atomic E-state index is 12.9. The van der Waals surface area contributed by atoms with Crippen molar-refractivity contribution in [2.24, 2.45) is 5.92 Å². The molecule has 8 heteroatoms. The molecule has 1 saturated heterocycles. The monoisotopic (exact) mass is 444 g/mol. The van der Waals surface area contributed by atoms with E-state index in [0.717, 1.165) is 22.2 Å². The second-order valence-corrected chi connectivity index (χ2v) is 8.57. The van der Waals surface area contributed by atoms with Gasteiger partial charge < -0.3 is 15.4 Å². The summed E-state index contributed by atoms with van der Waals surface area (Å²) in [4.78, 5) is 41.4. The highest BCUT2D eigenvalue weighted by molar-refractivity contribution is 6.11. The SMILES string of the molecule is Cc1cc(COc2ccc(NC(=O)[C@H]3CCC[C@]34NC(=O)NC4=O)cc2)c2ccccc2n1. The standard InChI is InChI=1S/C25H24N4O4/c1-15-13-16(19-5-2-3-7-21(19)26-15)14-33-18-10-8-17(9-11-18)27-22(30)20-6-4-12-25(20)23(31)28-24(32)29-25/h2-3,5,7-11,13,20H,4,6,12,14H2,1H3,(H,27,30)(H2,28,29,31,32)/t20-,25+/m1/s1. The van der Waals surface area contributed by atoms with Gasteiger partial charge in [0.1, 0.15) is 17.9 Å². The van der Waals surface area contributed by atoms with E-state index in [2.05, 4.69) is 20.9 Å². The number of carbonyl (C=O) groups is 3. The van der Waals surface area contributed by atoms with Gasteiger partial charge >= 0.3 is 6.03 Å². The molecule has 0 radical (unpaired) electrons. The molecule has 2 aliphatic rings. The summed E-state index contributed by atoms with van der Waals surface area (Å²) in [5.74, 6) is -0.639. The first kappa shape index (κ1) is 20.9. The van der Waals surface area contributed by atoms with Crippen LogP contribution in [0.25, 0.3) is 10.9 Å². The van der Waals surface area contributed by atoms with Gasteiger partial charge in [0.05, 0.1) is 11.4 Å². The van der Waals surface area contributed by atoms with Gasteiger partial charge in [0.15, 0.2) is 0 Å². The fourth-order valence-electron chi connectivity index (χ4n) is 4.83. The van der Waals surface area contributed by atoms with E-state index in [-0.39, 0.29) is 5.91 Å². The average Bonchev–Trinajstić information content (AvgIpc) is 3.35. The van der Waals surface area contributed by atoms with Crippen molar-refractivity contribution < 1.29 is 19.1 Å². The van der Waals surface area contributed by atoms with E-state index < -0.39 is 23.4 Å². The van der Waals surface area contributed by atoms with Crippen molar-refractivity contribution in [1.82, 2.24) is 15.6 Å². The zero-order valence-electron chi connectivity index (χ0n) is 18.2. The summed E-state index contributed by atoms with van der Waals surface area (Å²) >= 11 is 0. The fraction of sp³-hybridized carbons (Fsp3) is 0.280. The van der Waals surface area contributed by atoms with Crippen molar-refractivity contribution in [3.8, 4) is 5.75 Å². The zero-order valence-corrected chi connectivity index (χ0v) is 18.2. The Balaban J connectivity index is 1.25. The number of ether oxygens (including phenoxy) is 1. The molecule has 33 heavy (non-hydrogen) atoms. The van der Waals surface area contributed by atoms with E-state index in [0.29, 0.717) is 37.3 Å². The van der Waals surface area contributed by atoms with E-state index in [1.165, 1.54) is 0 Å². The molecule has 1 aliphatic carbocycles. The predicted molar refractivity (Wildman–Crippen MR) is 123 cm³/mol. The van der Waals surface area contributed by atoms with Crippen molar-refractivity contribution in [3.05, 3.63) is 65.9 Å². The summed E-state index contributed by atoms with van der Waals surface area (Å²) < 4.78 is 5.98. The van der Waals surface area contributed by atoms with Gasteiger partial charge in [-0.3, -0.25) is 19.9 Å². The van der Waals surface area contributed by atoms with Crippen LogP contribution in [0.1, 0.15) is 30.5 Å². The number of carbonyl (C=O) groups excluding carboxylic acids is 3. The molecule has 1 aromatic heterocycles. The number of anilines is 1. The van der Waals surface area contributed by atoms with E-state index in [1.807, 2.05) is 37.3 Å². The Labute approximate surface area is 190 Å². The van der Waals surface area contributed by atoms with Crippen LogP contribution in [0, 0.1) is 12.8 Å². The number of aryl methyl sites for hydroxylation is 1. The lowest BCUT2D eigenvalue weighted by Crippen LogP contribution is -2.53. The Kier molecular flexibility index (Phi) is 5.20. The molecule has 0 bridgehead atoms. The summed E-state index contributed by atoms with van der Waals surface area (Å²) in [7, 11) is 0. The highest BCUT2D eigenvalue weighted by atomic mass is 16.5. The molecule has 5 rings (SSSR count). The van der Waals surface area contributed by atoms with E-state index in [9.17, 15) is 14.4 Å². The van der Waals surface area contributed by atoms with Crippen LogP contribution >= 0.6 is 0 Å². The number of aromatic nitrogens is 1. The number of para-hydroxylation sites is 1. The highest BCUT2D eigenvalue weighted by Gasteiger charge is 2.57. The zero-order chi connectivity index (χ0) is 23.0. The number of benzene rings is 2. The molecular weight excluding hydrogens is 420 g/mol. The second-order valence-electron chi connectivity index (χ2n) is 8.57. The van der Waals surface area contributed by atoms with Gasteiger partial charge in [0, 0.05) is 22.3 Å². The number of urea groups is 1. The van der Waals surface area contributed by atoms with Gasteiger partial charge in [-0.2, -0.15) is 0 Å². The summed E-state index contributed by atoms with van der Waals surface area (Å²) in [6.45, 7) is 2.36. The number of imide groups is 1. The smallest absolute Gasteiger partial charge is 0.322 e. The number of hydrogen-bond acceptors (Lipinski definition) is 5. The van der Waals surface area contributed by atoms with Crippen molar-refractivity contribution in [2.75, 3.05) is 5.32 Å². The first-order valence-electron chi connectivity index (χ1n) is 11.0.